The fraction of sp³-hybridized carbons (Fsp3) is 0.300. The maximum atomic E-state index is 12.6. The summed E-state index contributed by atoms with van der Waals surface area (Å²) < 4.78 is 38.8. The largest absolute Gasteiger partial charge is 0.493 e. The van der Waals surface area contributed by atoms with Crippen LogP contribution in [0.1, 0.15) is 44.2 Å². The first kappa shape index (κ1) is 28.9. The molecule has 7 nitrogen and oxygen atoms in total. The summed E-state index contributed by atoms with van der Waals surface area (Å²) in [5, 5.41) is 10.4. The third-order valence-corrected chi connectivity index (χ3v) is 6.94. The first-order chi connectivity index (χ1) is 18.2. The van der Waals surface area contributed by atoms with E-state index in [1.807, 2.05) is 44.2 Å². The Hall–Kier alpha value is -3.62. The third kappa shape index (κ3) is 9.68. The second kappa shape index (κ2) is 14.4. The van der Waals surface area contributed by atoms with Gasteiger partial charge in [-0.05, 0) is 74.6 Å². The number of nitrogens with one attached hydrogen (secondary N) is 1. The molecule has 0 aliphatic carbocycles. The Balaban J connectivity index is 1.46. The summed E-state index contributed by atoms with van der Waals surface area (Å²) in [6.45, 7) is 4.08. The molecule has 202 valence electrons. The number of carbonyl (C=O) groups excluding carboxylic acids is 1. The van der Waals surface area contributed by atoms with Crippen molar-refractivity contribution in [3.05, 3.63) is 96.1 Å². The summed E-state index contributed by atoms with van der Waals surface area (Å²) in [6.07, 6.45) is 4.59. The van der Waals surface area contributed by atoms with E-state index in [1.54, 1.807) is 48.6 Å². The lowest BCUT2D eigenvalue weighted by atomic mass is 10.1. The number of aliphatic hydroxyl groups excluding tert-OH is 1. The van der Waals surface area contributed by atoms with Crippen LogP contribution in [0.5, 0.6) is 5.75 Å². The van der Waals surface area contributed by atoms with Crippen molar-refractivity contribution in [1.29, 1.82) is 0 Å². The lowest BCUT2D eigenvalue weighted by molar-refractivity contribution is -0.147. The normalized spacial score (nSPS) is 12.4. The number of sulfonamides is 1. The van der Waals surface area contributed by atoms with Gasteiger partial charge in [0.05, 0.1) is 23.7 Å². The lowest BCUT2D eigenvalue weighted by Crippen LogP contribution is -2.12. The Kier molecular flexibility index (Phi) is 10.9. The fourth-order valence-electron chi connectivity index (χ4n) is 3.72. The highest BCUT2D eigenvalue weighted by molar-refractivity contribution is 7.92. The summed E-state index contributed by atoms with van der Waals surface area (Å²) in [4.78, 5) is 12.0. The summed E-state index contributed by atoms with van der Waals surface area (Å²) in [5.41, 5.74) is 2.14. The number of anilines is 1. The van der Waals surface area contributed by atoms with Crippen LogP contribution in [0.3, 0.4) is 0 Å². The van der Waals surface area contributed by atoms with Crippen molar-refractivity contribution in [2.45, 2.75) is 56.6 Å². The molecule has 0 heterocycles. The highest BCUT2D eigenvalue weighted by Crippen LogP contribution is 2.21. The maximum absolute atomic E-state index is 12.6. The van der Waals surface area contributed by atoms with Crippen molar-refractivity contribution in [3.8, 4) is 5.75 Å². The molecular weight excluding hydrogens is 502 g/mol. The Morgan fingerprint density at radius 2 is 1.74 bits per heavy atom. The number of carbonyl (C=O) groups is 1. The van der Waals surface area contributed by atoms with Gasteiger partial charge in [-0.25, -0.2) is 8.42 Å². The second-order valence-corrected chi connectivity index (χ2v) is 10.8. The molecule has 0 fully saturated rings. The Morgan fingerprint density at radius 3 is 2.50 bits per heavy atom. The van der Waals surface area contributed by atoms with Gasteiger partial charge in [0.1, 0.15) is 5.75 Å². The van der Waals surface area contributed by atoms with E-state index in [9.17, 15) is 18.3 Å². The van der Waals surface area contributed by atoms with Crippen LogP contribution in [0.4, 0.5) is 5.69 Å². The summed E-state index contributed by atoms with van der Waals surface area (Å²) >= 11 is 0. The Labute approximate surface area is 225 Å². The van der Waals surface area contributed by atoms with Crippen LogP contribution in [-0.4, -0.2) is 38.3 Å². The summed E-state index contributed by atoms with van der Waals surface area (Å²) in [5.74, 6) is 0.494. The number of ether oxygens (including phenoxy) is 2. The van der Waals surface area contributed by atoms with E-state index in [1.165, 1.54) is 12.1 Å². The van der Waals surface area contributed by atoms with E-state index < -0.39 is 16.1 Å². The van der Waals surface area contributed by atoms with E-state index in [2.05, 4.69) is 4.72 Å². The zero-order valence-electron chi connectivity index (χ0n) is 21.7. The van der Waals surface area contributed by atoms with Crippen LogP contribution >= 0.6 is 0 Å². The zero-order valence-corrected chi connectivity index (χ0v) is 22.6. The van der Waals surface area contributed by atoms with Crippen molar-refractivity contribution >= 4 is 27.8 Å². The Morgan fingerprint density at radius 1 is 1.00 bits per heavy atom. The number of esters is 1. The number of benzene rings is 3. The van der Waals surface area contributed by atoms with Gasteiger partial charge in [0.2, 0.25) is 0 Å². The molecule has 0 aliphatic rings. The molecule has 38 heavy (non-hydrogen) atoms. The van der Waals surface area contributed by atoms with Gasteiger partial charge in [0, 0.05) is 12.1 Å². The average molecular weight is 538 g/mol. The van der Waals surface area contributed by atoms with Crippen molar-refractivity contribution < 1.29 is 27.8 Å². The molecule has 1 unspecified atom stereocenters. The van der Waals surface area contributed by atoms with E-state index in [-0.39, 0.29) is 23.4 Å². The van der Waals surface area contributed by atoms with Gasteiger partial charge in [0.25, 0.3) is 10.0 Å². The maximum Gasteiger partial charge on any atom is 0.306 e. The van der Waals surface area contributed by atoms with Crippen LogP contribution in [0, 0.1) is 0 Å². The molecule has 0 aromatic heterocycles. The van der Waals surface area contributed by atoms with Crippen LogP contribution in [0.25, 0.3) is 6.08 Å². The number of rotatable bonds is 14. The van der Waals surface area contributed by atoms with E-state index in [4.69, 9.17) is 9.47 Å². The number of aryl methyl sites for hydroxylation is 1. The van der Waals surface area contributed by atoms with Crippen LogP contribution < -0.4 is 9.46 Å². The van der Waals surface area contributed by atoms with E-state index in [0.717, 1.165) is 16.9 Å². The fourth-order valence-corrected chi connectivity index (χ4v) is 4.79. The van der Waals surface area contributed by atoms with Gasteiger partial charge in [-0.2, -0.15) is 0 Å². The molecule has 0 spiro atoms. The van der Waals surface area contributed by atoms with Crippen LogP contribution in [0.2, 0.25) is 0 Å². The van der Waals surface area contributed by atoms with Crippen molar-refractivity contribution in [2.24, 2.45) is 0 Å². The number of hydrogen-bond acceptors (Lipinski definition) is 6. The second-order valence-electron chi connectivity index (χ2n) is 9.11. The molecule has 3 aromatic carbocycles. The molecule has 2 N–H and O–H groups in total. The van der Waals surface area contributed by atoms with Crippen molar-refractivity contribution in [3.63, 3.8) is 0 Å². The van der Waals surface area contributed by atoms with Crippen LogP contribution in [0.15, 0.2) is 89.8 Å². The summed E-state index contributed by atoms with van der Waals surface area (Å²) in [7, 11) is -3.68. The minimum absolute atomic E-state index is 0.133. The SMILES string of the molecule is CC(C)OC(=O)CCc1ccccc1OCCCC(O)/C=C/c1cccc(NS(=O)(=O)c2ccccc2)c1. The monoisotopic (exact) mass is 537 g/mol. The van der Waals surface area contributed by atoms with Gasteiger partial charge in [-0.1, -0.05) is 60.7 Å². The topological polar surface area (TPSA) is 102 Å². The summed E-state index contributed by atoms with van der Waals surface area (Å²) in [6, 6.07) is 22.8. The zero-order chi connectivity index (χ0) is 27.4. The molecular formula is C30H35NO6S. The van der Waals surface area contributed by atoms with Crippen molar-refractivity contribution in [2.75, 3.05) is 11.3 Å². The smallest absolute Gasteiger partial charge is 0.306 e. The Bertz CT molecular complexity index is 1310. The molecule has 0 saturated heterocycles. The molecule has 0 bridgehead atoms. The average Bonchev–Trinajstić information content (AvgIpc) is 2.89. The molecule has 8 heteroatoms. The minimum Gasteiger partial charge on any atom is -0.493 e. The van der Waals surface area contributed by atoms with Gasteiger partial charge in [0.15, 0.2) is 0 Å². The standard InChI is InChI=1S/C30H35NO6S/c1-23(2)37-30(33)20-18-25-11-6-7-16-29(25)36-21-9-13-27(32)19-17-24-10-8-12-26(22-24)31-38(34,35)28-14-4-3-5-15-28/h3-8,10-12,14-17,19,22-23,27,31-32H,9,13,18,20-21H2,1-2H3/b19-17+. The first-order valence-electron chi connectivity index (χ1n) is 12.7. The van der Waals surface area contributed by atoms with Crippen molar-refractivity contribution in [1.82, 2.24) is 0 Å². The van der Waals surface area contributed by atoms with Gasteiger partial charge < -0.3 is 14.6 Å². The third-order valence-electron chi connectivity index (χ3n) is 5.54. The first-order valence-corrected chi connectivity index (χ1v) is 14.2. The molecule has 0 amide bonds. The highest BCUT2D eigenvalue weighted by atomic mass is 32.2. The minimum atomic E-state index is -3.68. The predicted molar refractivity (Wildman–Crippen MR) is 149 cm³/mol. The van der Waals surface area contributed by atoms with Gasteiger partial charge in [-0.3, -0.25) is 9.52 Å². The predicted octanol–water partition coefficient (Wildman–Crippen LogP) is 5.60. The van der Waals surface area contributed by atoms with Gasteiger partial charge in [-0.15, -0.1) is 0 Å². The van der Waals surface area contributed by atoms with Gasteiger partial charge >= 0.3 is 5.97 Å². The van der Waals surface area contributed by atoms with E-state index >= 15 is 0 Å². The quantitative estimate of drug-likeness (QED) is 0.205. The molecule has 0 radical (unpaired) electrons. The number of para-hydroxylation sites is 1. The molecule has 0 aliphatic heterocycles. The molecule has 3 rings (SSSR count). The molecule has 0 saturated carbocycles. The molecule has 3 aromatic rings. The van der Waals surface area contributed by atoms with Crippen LogP contribution in [-0.2, 0) is 26.0 Å². The highest BCUT2D eigenvalue weighted by Gasteiger charge is 2.13. The number of hydrogen-bond donors (Lipinski definition) is 2. The lowest BCUT2D eigenvalue weighted by Gasteiger charge is -2.13. The molecule has 1 atom stereocenters. The van der Waals surface area contributed by atoms with E-state index in [0.29, 0.717) is 31.6 Å². The number of aliphatic hydroxyl groups is 1.